The van der Waals surface area contributed by atoms with Gasteiger partial charge in [0.15, 0.2) is 5.49 Å². The van der Waals surface area contributed by atoms with E-state index in [4.69, 9.17) is 5.73 Å². The van der Waals surface area contributed by atoms with E-state index in [1.807, 2.05) is 66.3 Å². The maximum Gasteiger partial charge on any atom is 0.263 e. The Morgan fingerprint density at radius 3 is 2.47 bits per heavy atom. The molecule has 8 heteroatoms. The second-order valence-corrected chi connectivity index (χ2v) is 8.10. The van der Waals surface area contributed by atoms with Crippen molar-refractivity contribution in [3.8, 4) is 16.8 Å². The maximum absolute atomic E-state index is 13.4. The lowest BCUT2D eigenvalue weighted by Crippen LogP contribution is -2.22. The van der Waals surface area contributed by atoms with Gasteiger partial charge in [-0.3, -0.25) is 19.0 Å². The Balaban J connectivity index is 0.000000233. The third-order valence-corrected chi connectivity index (χ3v) is 5.82. The van der Waals surface area contributed by atoms with Crippen molar-refractivity contribution in [1.29, 1.82) is 0 Å². The Hall–Kier alpha value is -4.72. The van der Waals surface area contributed by atoms with E-state index in [9.17, 15) is 4.79 Å². The normalized spacial score (nSPS) is 11.2. The highest BCUT2D eigenvalue weighted by molar-refractivity contribution is 5.96. The Morgan fingerprint density at radius 1 is 1.08 bits per heavy atom. The van der Waals surface area contributed by atoms with Gasteiger partial charge in [0.1, 0.15) is 0 Å². The first kappa shape index (κ1) is 24.4. The number of nitrogens with zero attached hydrogens (tertiary/aromatic N) is 6. The van der Waals surface area contributed by atoms with Crippen molar-refractivity contribution in [3.05, 3.63) is 107 Å². The van der Waals surface area contributed by atoms with Crippen molar-refractivity contribution in [2.75, 3.05) is 12.8 Å². The molecule has 2 aromatic carbocycles. The third kappa shape index (κ3) is 4.74. The summed E-state index contributed by atoms with van der Waals surface area (Å²) >= 11 is 0. The van der Waals surface area contributed by atoms with Crippen LogP contribution < -0.4 is 16.8 Å². The Labute approximate surface area is 209 Å². The fourth-order valence-corrected chi connectivity index (χ4v) is 4.15. The molecule has 0 bridgehead atoms. The molecule has 0 spiro atoms. The van der Waals surface area contributed by atoms with Gasteiger partial charge in [0.2, 0.25) is 0 Å². The number of para-hydroxylation sites is 1. The molecule has 0 saturated carbocycles. The van der Waals surface area contributed by atoms with Crippen LogP contribution in [0.15, 0.2) is 95.6 Å². The molecule has 2 N–H and O–H groups in total. The Kier molecular flexibility index (Phi) is 7.25. The Morgan fingerprint density at radius 2 is 1.86 bits per heavy atom. The average Bonchev–Trinajstić information content (AvgIpc) is 3.34. The molecule has 0 fully saturated rings. The molecule has 0 aliphatic carbocycles. The van der Waals surface area contributed by atoms with E-state index in [2.05, 4.69) is 34.8 Å². The molecule has 3 heterocycles. The molecule has 0 unspecified atom stereocenters. The van der Waals surface area contributed by atoms with Crippen LogP contribution in [-0.2, 0) is 13.5 Å². The SMILES string of the molecule is C=Cn1nccc(N)c1=NC.CCc1cc2cccc(-c3cnn(C)c3)c2c(=O)n1-c1ccccc1. The summed E-state index contributed by atoms with van der Waals surface area (Å²) in [6.45, 7) is 5.64. The van der Waals surface area contributed by atoms with Crippen LogP contribution in [0, 0.1) is 0 Å². The fraction of sp³-hybridized carbons (Fsp3) is 0.143. The van der Waals surface area contributed by atoms with Gasteiger partial charge < -0.3 is 5.73 Å². The summed E-state index contributed by atoms with van der Waals surface area (Å²) in [6.07, 6.45) is 7.69. The van der Waals surface area contributed by atoms with Crippen LogP contribution in [0.4, 0.5) is 5.69 Å². The lowest BCUT2D eigenvalue weighted by atomic mass is 10.0. The van der Waals surface area contributed by atoms with Gasteiger partial charge in [0.25, 0.3) is 5.56 Å². The number of pyridine rings is 1. The molecule has 182 valence electrons. The van der Waals surface area contributed by atoms with E-state index < -0.39 is 0 Å². The summed E-state index contributed by atoms with van der Waals surface area (Å²) < 4.78 is 5.10. The third-order valence-electron chi connectivity index (χ3n) is 5.82. The van der Waals surface area contributed by atoms with Crippen molar-refractivity contribution in [2.24, 2.45) is 12.0 Å². The zero-order valence-electron chi connectivity index (χ0n) is 20.7. The van der Waals surface area contributed by atoms with Crippen molar-refractivity contribution in [1.82, 2.24) is 24.1 Å². The predicted octanol–water partition coefficient (Wildman–Crippen LogP) is 4.05. The number of hydrogen-bond acceptors (Lipinski definition) is 5. The van der Waals surface area contributed by atoms with Gasteiger partial charge in [-0.1, -0.05) is 49.9 Å². The summed E-state index contributed by atoms with van der Waals surface area (Å²) in [5, 5.41) is 9.91. The highest BCUT2D eigenvalue weighted by atomic mass is 16.1. The molecule has 3 aromatic heterocycles. The minimum absolute atomic E-state index is 0.0139. The highest BCUT2D eigenvalue weighted by Crippen LogP contribution is 2.27. The van der Waals surface area contributed by atoms with Crippen molar-refractivity contribution in [3.63, 3.8) is 0 Å². The first-order valence-electron chi connectivity index (χ1n) is 11.6. The number of rotatable bonds is 4. The van der Waals surface area contributed by atoms with E-state index in [-0.39, 0.29) is 5.56 Å². The van der Waals surface area contributed by atoms with E-state index in [0.29, 0.717) is 11.2 Å². The van der Waals surface area contributed by atoms with Gasteiger partial charge in [0, 0.05) is 43.4 Å². The van der Waals surface area contributed by atoms with E-state index >= 15 is 0 Å². The lowest BCUT2D eigenvalue weighted by Gasteiger charge is -2.15. The van der Waals surface area contributed by atoms with Crippen LogP contribution in [0.5, 0.6) is 0 Å². The first-order chi connectivity index (χ1) is 17.5. The molecule has 0 amide bonds. The summed E-state index contributed by atoms with van der Waals surface area (Å²) in [4.78, 5) is 17.4. The zero-order valence-corrected chi connectivity index (χ0v) is 20.7. The maximum atomic E-state index is 13.4. The molecule has 36 heavy (non-hydrogen) atoms. The van der Waals surface area contributed by atoms with E-state index in [1.54, 1.807) is 36.4 Å². The summed E-state index contributed by atoms with van der Waals surface area (Å²) in [6, 6.07) is 19.6. The van der Waals surface area contributed by atoms with E-state index in [0.717, 1.165) is 39.7 Å². The topological polar surface area (TPSA) is 96.0 Å². The number of aromatic nitrogens is 5. The standard InChI is InChI=1S/C21H19N3O.C7H10N4/c1-3-17-12-15-8-7-11-19(16-13-22-23(2)14-16)20(15)21(25)24(17)18-9-5-4-6-10-18;1-3-11-7(9-2)6(8)4-5-10-11/h4-14H,3H2,1-2H3;3-5H,1,8H2,2H3. The number of benzene rings is 2. The second kappa shape index (κ2) is 10.7. The average molecular weight is 480 g/mol. The van der Waals surface area contributed by atoms with Gasteiger partial charge >= 0.3 is 0 Å². The zero-order chi connectivity index (χ0) is 25.7. The Bertz CT molecular complexity index is 1640. The molecule has 0 saturated heterocycles. The summed E-state index contributed by atoms with van der Waals surface area (Å²) in [7, 11) is 3.54. The summed E-state index contributed by atoms with van der Waals surface area (Å²) in [5.74, 6) is 0. The lowest BCUT2D eigenvalue weighted by molar-refractivity contribution is 0.768. The minimum atomic E-state index is 0.0139. The number of nitrogens with two attached hydrogens (primary N) is 1. The van der Waals surface area contributed by atoms with Crippen LogP contribution in [-0.4, -0.2) is 31.2 Å². The predicted molar refractivity (Wildman–Crippen MR) is 146 cm³/mol. The first-order valence-corrected chi connectivity index (χ1v) is 11.6. The van der Waals surface area contributed by atoms with Gasteiger partial charge in [-0.05, 0) is 41.6 Å². The van der Waals surface area contributed by atoms with Gasteiger partial charge in [0.05, 0.1) is 23.5 Å². The van der Waals surface area contributed by atoms with Gasteiger partial charge in [-0.2, -0.15) is 10.2 Å². The smallest absolute Gasteiger partial charge is 0.263 e. The molecular weight excluding hydrogens is 450 g/mol. The van der Waals surface area contributed by atoms with Crippen molar-refractivity contribution >= 4 is 22.7 Å². The number of nitrogen functional groups attached to an aromatic ring is 1. The van der Waals surface area contributed by atoms with Crippen LogP contribution in [0.1, 0.15) is 12.6 Å². The molecule has 8 nitrogen and oxygen atoms in total. The minimum Gasteiger partial charge on any atom is -0.396 e. The molecule has 0 radical (unpaired) electrons. The summed E-state index contributed by atoms with van der Waals surface area (Å²) in [5.41, 5.74) is 10.6. The number of anilines is 1. The molecule has 5 aromatic rings. The second-order valence-electron chi connectivity index (χ2n) is 8.10. The molecular formula is C28H29N7O. The van der Waals surface area contributed by atoms with Gasteiger partial charge in [-0.25, -0.2) is 4.68 Å². The van der Waals surface area contributed by atoms with Crippen LogP contribution in [0.2, 0.25) is 0 Å². The number of hydrogen-bond donors (Lipinski definition) is 1. The quantitative estimate of drug-likeness (QED) is 0.421. The number of fused-ring (bicyclic) bond motifs is 1. The largest absolute Gasteiger partial charge is 0.396 e. The van der Waals surface area contributed by atoms with Crippen molar-refractivity contribution < 1.29 is 0 Å². The van der Waals surface area contributed by atoms with E-state index in [1.165, 1.54) is 4.68 Å². The molecule has 0 aliphatic rings. The monoisotopic (exact) mass is 479 g/mol. The number of aryl methyl sites for hydroxylation is 2. The van der Waals surface area contributed by atoms with Gasteiger partial charge in [-0.15, -0.1) is 0 Å². The van der Waals surface area contributed by atoms with Crippen molar-refractivity contribution in [2.45, 2.75) is 13.3 Å². The van der Waals surface area contributed by atoms with Crippen LogP contribution in [0.25, 0.3) is 33.8 Å². The van der Waals surface area contributed by atoms with Crippen LogP contribution >= 0.6 is 0 Å². The molecule has 5 rings (SSSR count). The fourth-order valence-electron chi connectivity index (χ4n) is 4.15. The molecule has 0 aliphatic heterocycles. The molecule has 0 atom stereocenters. The highest BCUT2D eigenvalue weighted by Gasteiger charge is 2.14. The van der Waals surface area contributed by atoms with Crippen LogP contribution in [0.3, 0.4) is 0 Å².